The number of benzene rings is 2. The van der Waals surface area contributed by atoms with Crippen molar-refractivity contribution in [2.45, 2.75) is 6.92 Å². The number of nitrogens with zero attached hydrogens (tertiary/aromatic N) is 1. The lowest BCUT2D eigenvalue weighted by Gasteiger charge is -2.12. The molecule has 0 aliphatic heterocycles. The third kappa shape index (κ3) is 5.62. The van der Waals surface area contributed by atoms with Gasteiger partial charge in [-0.3, -0.25) is 4.79 Å². The molecule has 0 aliphatic carbocycles. The van der Waals surface area contributed by atoms with E-state index in [1.165, 1.54) is 27.5 Å². The van der Waals surface area contributed by atoms with Gasteiger partial charge in [0.05, 0.1) is 27.5 Å². The summed E-state index contributed by atoms with van der Waals surface area (Å²) < 4.78 is 22.2. The maximum absolute atomic E-state index is 11.9. The molecule has 2 aromatic carbocycles. The van der Waals surface area contributed by atoms with Crippen molar-refractivity contribution in [3.63, 3.8) is 0 Å². The van der Waals surface area contributed by atoms with Gasteiger partial charge < -0.3 is 18.9 Å². The summed E-state index contributed by atoms with van der Waals surface area (Å²) in [6.07, 6.45) is 1.48. The van der Waals surface area contributed by atoms with Crippen LogP contribution >= 0.6 is 15.9 Å². The molecule has 0 radical (unpaired) electrons. The molecule has 7 nitrogen and oxygen atoms in total. The van der Waals surface area contributed by atoms with E-state index in [-0.39, 0.29) is 12.5 Å². The van der Waals surface area contributed by atoms with E-state index in [4.69, 9.17) is 18.9 Å². The van der Waals surface area contributed by atoms with Gasteiger partial charge in [0.25, 0.3) is 5.91 Å². The molecule has 2 aromatic rings. The Morgan fingerprint density at radius 3 is 2.33 bits per heavy atom. The molecule has 2 rings (SSSR count). The molecule has 0 unspecified atom stereocenters. The second-order valence-corrected chi connectivity index (χ2v) is 6.31. The zero-order valence-corrected chi connectivity index (χ0v) is 17.1. The lowest BCUT2D eigenvalue weighted by molar-refractivity contribution is -0.123. The molecular weight excluding hydrogens is 416 g/mol. The van der Waals surface area contributed by atoms with Crippen molar-refractivity contribution in [2.24, 2.45) is 5.10 Å². The quantitative estimate of drug-likeness (QED) is 0.507. The van der Waals surface area contributed by atoms with Crippen molar-refractivity contribution in [1.29, 1.82) is 0 Å². The van der Waals surface area contributed by atoms with E-state index >= 15 is 0 Å². The first-order chi connectivity index (χ1) is 13.0. The van der Waals surface area contributed by atoms with Gasteiger partial charge in [-0.05, 0) is 42.8 Å². The smallest absolute Gasteiger partial charge is 0.277 e. The van der Waals surface area contributed by atoms with Crippen LogP contribution in [-0.4, -0.2) is 40.1 Å². The number of rotatable bonds is 8. The van der Waals surface area contributed by atoms with Gasteiger partial charge in [0, 0.05) is 10.0 Å². The van der Waals surface area contributed by atoms with Crippen LogP contribution in [0.25, 0.3) is 0 Å². The second-order valence-electron chi connectivity index (χ2n) is 5.45. The zero-order chi connectivity index (χ0) is 19.8. The maximum atomic E-state index is 11.9. The van der Waals surface area contributed by atoms with Crippen LogP contribution in [0.4, 0.5) is 0 Å². The molecule has 0 spiro atoms. The number of methoxy groups -OCH3 is 3. The summed E-state index contributed by atoms with van der Waals surface area (Å²) in [6.45, 7) is 1.80. The molecule has 1 amide bonds. The molecule has 1 N–H and O–H groups in total. The standard InChI is InChI=1S/C19H21BrN2O5/c1-12-7-14(5-6-15(12)20)27-11-18(23)22-21-10-13-8-16(24-2)19(26-4)17(9-13)25-3/h5-10H,11H2,1-4H3,(H,22,23)/b21-10+. The summed E-state index contributed by atoms with van der Waals surface area (Å²) in [5, 5.41) is 3.93. The van der Waals surface area contributed by atoms with Gasteiger partial charge in [-0.2, -0.15) is 5.10 Å². The van der Waals surface area contributed by atoms with E-state index in [2.05, 4.69) is 26.5 Å². The lowest BCUT2D eigenvalue weighted by atomic mass is 10.2. The molecule has 0 bridgehead atoms. The van der Waals surface area contributed by atoms with E-state index in [0.717, 1.165) is 10.0 Å². The van der Waals surface area contributed by atoms with Crippen LogP contribution in [0.3, 0.4) is 0 Å². The van der Waals surface area contributed by atoms with Crippen molar-refractivity contribution in [3.8, 4) is 23.0 Å². The Kier molecular flexibility index (Phi) is 7.48. The number of hydrogen-bond acceptors (Lipinski definition) is 6. The number of ether oxygens (including phenoxy) is 4. The number of hydrazone groups is 1. The number of carbonyl (C=O) groups excluding carboxylic acids is 1. The molecule has 0 aromatic heterocycles. The van der Waals surface area contributed by atoms with Gasteiger partial charge in [-0.25, -0.2) is 5.43 Å². The number of carbonyl (C=O) groups is 1. The Morgan fingerprint density at radius 1 is 1.11 bits per heavy atom. The topological polar surface area (TPSA) is 78.4 Å². The third-order valence-corrected chi connectivity index (χ3v) is 4.48. The average Bonchev–Trinajstić information content (AvgIpc) is 2.68. The third-order valence-electron chi connectivity index (χ3n) is 3.59. The average molecular weight is 437 g/mol. The molecule has 0 saturated heterocycles. The largest absolute Gasteiger partial charge is 0.493 e. The highest BCUT2D eigenvalue weighted by atomic mass is 79.9. The normalized spacial score (nSPS) is 10.6. The molecular formula is C19H21BrN2O5. The Hall–Kier alpha value is -2.74. The minimum absolute atomic E-state index is 0.145. The number of halogens is 1. The van der Waals surface area contributed by atoms with Crippen LogP contribution in [0.15, 0.2) is 39.9 Å². The molecule has 0 heterocycles. The van der Waals surface area contributed by atoms with Crippen LogP contribution in [0.2, 0.25) is 0 Å². The Labute approximate surface area is 166 Å². The molecule has 0 fully saturated rings. The Bertz CT molecular complexity index is 814. The molecule has 0 atom stereocenters. The van der Waals surface area contributed by atoms with Crippen LogP contribution in [0.1, 0.15) is 11.1 Å². The van der Waals surface area contributed by atoms with Gasteiger partial charge in [0.2, 0.25) is 5.75 Å². The highest BCUT2D eigenvalue weighted by molar-refractivity contribution is 9.10. The predicted molar refractivity (Wildman–Crippen MR) is 106 cm³/mol. The number of hydrogen-bond donors (Lipinski definition) is 1. The summed E-state index contributed by atoms with van der Waals surface area (Å²) in [5.74, 6) is 1.72. The van der Waals surface area contributed by atoms with E-state index in [0.29, 0.717) is 28.6 Å². The molecule has 8 heteroatoms. The fraction of sp³-hybridized carbons (Fsp3) is 0.263. The molecule has 27 heavy (non-hydrogen) atoms. The number of nitrogens with one attached hydrogen (secondary N) is 1. The summed E-state index contributed by atoms with van der Waals surface area (Å²) in [7, 11) is 4.59. The van der Waals surface area contributed by atoms with E-state index < -0.39 is 0 Å². The summed E-state index contributed by atoms with van der Waals surface area (Å²) in [5.41, 5.74) is 4.11. The SMILES string of the molecule is COc1cc(/C=N/NC(=O)COc2ccc(Br)c(C)c2)cc(OC)c1OC. The van der Waals surface area contributed by atoms with Crippen molar-refractivity contribution in [2.75, 3.05) is 27.9 Å². The fourth-order valence-electron chi connectivity index (χ4n) is 2.24. The highest BCUT2D eigenvalue weighted by Crippen LogP contribution is 2.37. The van der Waals surface area contributed by atoms with Crippen molar-refractivity contribution >= 4 is 28.1 Å². The summed E-state index contributed by atoms with van der Waals surface area (Å²) in [6, 6.07) is 8.93. The van der Waals surface area contributed by atoms with Crippen molar-refractivity contribution < 1.29 is 23.7 Å². The van der Waals surface area contributed by atoms with Crippen LogP contribution in [0, 0.1) is 6.92 Å². The first kappa shape index (κ1) is 20.6. The van der Waals surface area contributed by atoms with Gasteiger partial charge in [-0.1, -0.05) is 15.9 Å². The summed E-state index contributed by atoms with van der Waals surface area (Å²) in [4.78, 5) is 11.9. The van der Waals surface area contributed by atoms with Gasteiger partial charge in [0.1, 0.15) is 5.75 Å². The van der Waals surface area contributed by atoms with Gasteiger partial charge in [0.15, 0.2) is 18.1 Å². The highest BCUT2D eigenvalue weighted by Gasteiger charge is 2.12. The second kappa shape index (κ2) is 9.82. The lowest BCUT2D eigenvalue weighted by Crippen LogP contribution is -2.24. The van der Waals surface area contributed by atoms with Crippen molar-refractivity contribution in [3.05, 3.63) is 45.9 Å². The molecule has 144 valence electrons. The zero-order valence-electron chi connectivity index (χ0n) is 15.5. The molecule has 0 saturated carbocycles. The molecule has 0 aliphatic rings. The van der Waals surface area contributed by atoms with E-state index in [9.17, 15) is 4.79 Å². The van der Waals surface area contributed by atoms with E-state index in [1.807, 2.05) is 19.1 Å². The monoisotopic (exact) mass is 436 g/mol. The Morgan fingerprint density at radius 2 is 1.78 bits per heavy atom. The van der Waals surface area contributed by atoms with Crippen LogP contribution in [-0.2, 0) is 4.79 Å². The predicted octanol–water partition coefficient (Wildman–Crippen LogP) is 3.31. The minimum Gasteiger partial charge on any atom is -0.493 e. The minimum atomic E-state index is -0.376. The first-order valence-corrected chi connectivity index (χ1v) is 8.78. The van der Waals surface area contributed by atoms with Crippen LogP contribution < -0.4 is 24.4 Å². The van der Waals surface area contributed by atoms with Crippen molar-refractivity contribution in [1.82, 2.24) is 5.43 Å². The van der Waals surface area contributed by atoms with Gasteiger partial charge >= 0.3 is 0 Å². The number of aryl methyl sites for hydroxylation is 1. The van der Waals surface area contributed by atoms with Gasteiger partial charge in [-0.15, -0.1) is 0 Å². The summed E-state index contributed by atoms with van der Waals surface area (Å²) >= 11 is 3.42. The fourth-order valence-corrected chi connectivity index (χ4v) is 2.49. The number of amides is 1. The first-order valence-electron chi connectivity index (χ1n) is 7.99. The van der Waals surface area contributed by atoms with Crippen LogP contribution in [0.5, 0.6) is 23.0 Å². The maximum Gasteiger partial charge on any atom is 0.277 e. The Balaban J connectivity index is 1.96. The van der Waals surface area contributed by atoms with E-state index in [1.54, 1.807) is 18.2 Å².